The van der Waals surface area contributed by atoms with E-state index in [-0.39, 0.29) is 29.8 Å². The second kappa shape index (κ2) is 5.54. The van der Waals surface area contributed by atoms with E-state index in [0.29, 0.717) is 35.3 Å². The summed E-state index contributed by atoms with van der Waals surface area (Å²) < 4.78 is 19.2. The molecule has 3 rings (SSSR count). The number of nitrogens with zero attached hydrogens (tertiary/aromatic N) is 1. The van der Waals surface area contributed by atoms with Crippen molar-refractivity contribution in [2.24, 2.45) is 5.73 Å². The number of hydrogen-bond donors (Lipinski definition) is 1. The molecule has 4 nitrogen and oxygen atoms in total. The van der Waals surface area contributed by atoms with Crippen LogP contribution in [0, 0.1) is 31.0 Å². The van der Waals surface area contributed by atoms with E-state index >= 15 is 0 Å². The fraction of sp³-hybridized carbons (Fsp3) is 0.333. The summed E-state index contributed by atoms with van der Waals surface area (Å²) in [6.45, 7) is 3.60. The highest BCUT2D eigenvalue weighted by molar-refractivity contribution is 5.98. The van der Waals surface area contributed by atoms with Crippen LogP contribution in [0.15, 0.2) is 34.9 Å². The number of nitrogens with two attached hydrogens (primary N) is 1. The minimum Gasteiger partial charge on any atom is -0.444 e. The van der Waals surface area contributed by atoms with Gasteiger partial charge in [-0.1, -0.05) is 6.07 Å². The Morgan fingerprint density at radius 3 is 2.74 bits per heavy atom. The van der Waals surface area contributed by atoms with Gasteiger partial charge in [0.05, 0.1) is 5.57 Å². The van der Waals surface area contributed by atoms with Gasteiger partial charge in [-0.25, -0.2) is 4.39 Å². The Bertz CT molecular complexity index is 815. The molecule has 0 radical (unpaired) electrons. The summed E-state index contributed by atoms with van der Waals surface area (Å²) in [5.74, 6) is 0.291. The Morgan fingerprint density at radius 1 is 1.30 bits per heavy atom. The molecule has 1 aliphatic heterocycles. The number of carbonyl (C=O) groups is 1. The number of benzene rings is 1. The second-order valence-corrected chi connectivity index (χ2v) is 6.05. The zero-order valence-corrected chi connectivity index (χ0v) is 13.1. The van der Waals surface area contributed by atoms with E-state index in [1.54, 1.807) is 13.0 Å². The minimum atomic E-state index is -0.243. The number of nitriles is 1. The summed E-state index contributed by atoms with van der Waals surface area (Å²) >= 11 is 0. The smallest absolute Gasteiger partial charge is 0.204 e. The molecule has 1 aliphatic carbocycles. The number of rotatable bonds is 1. The molecule has 1 heterocycles. The summed E-state index contributed by atoms with van der Waals surface area (Å²) in [4.78, 5) is 12.5. The van der Waals surface area contributed by atoms with Crippen molar-refractivity contribution in [3.8, 4) is 6.07 Å². The zero-order valence-electron chi connectivity index (χ0n) is 13.1. The number of hydrogen-bond acceptors (Lipinski definition) is 4. The Morgan fingerprint density at radius 2 is 2.04 bits per heavy atom. The topological polar surface area (TPSA) is 76.1 Å². The first-order chi connectivity index (χ1) is 10.9. The summed E-state index contributed by atoms with van der Waals surface area (Å²) in [6, 6.07) is 5.15. The highest BCUT2D eigenvalue weighted by Crippen LogP contribution is 2.41. The van der Waals surface area contributed by atoms with Crippen LogP contribution in [-0.4, -0.2) is 5.78 Å². The number of allylic oxidation sites excluding steroid dienone is 3. The number of halogens is 1. The lowest BCUT2D eigenvalue weighted by Crippen LogP contribution is -2.25. The maximum atomic E-state index is 13.7. The maximum Gasteiger partial charge on any atom is 0.204 e. The molecule has 5 heteroatoms. The normalized spacial score (nSPS) is 21.0. The maximum absolute atomic E-state index is 13.7. The predicted molar refractivity (Wildman–Crippen MR) is 82.4 cm³/mol. The van der Waals surface area contributed by atoms with Crippen LogP contribution in [0.1, 0.15) is 41.9 Å². The van der Waals surface area contributed by atoms with E-state index < -0.39 is 0 Å². The third-order valence-electron chi connectivity index (χ3n) is 4.76. The molecular weight excluding hydrogens is 295 g/mol. The van der Waals surface area contributed by atoms with Crippen LogP contribution in [0.25, 0.3) is 0 Å². The monoisotopic (exact) mass is 312 g/mol. The quantitative estimate of drug-likeness (QED) is 0.863. The van der Waals surface area contributed by atoms with E-state index in [4.69, 9.17) is 15.7 Å². The number of ketones is 1. The van der Waals surface area contributed by atoms with Crippen LogP contribution >= 0.6 is 0 Å². The summed E-state index contributed by atoms with van der Waals surface area (Å²) in [5, 5.41) is 9.02. The van der Waals surface area contributed by atoms with Gasteiger partial charge in [-0.15, -0.1) is 0 Å². The van der Waals surface area contributed by atoms with Gasteiger partial charge < -0.3 is 10.5 Å². The van der Waals surface area contributed by atoms with Gasteiger partial charge >= 0.3 is 0 Å². The van der Waals surface area contributed by atoms with Crippen molar-refractivity contribution in [2.45, 2.75) is 39.0 Å². The molecule has 1 aromatic carbocycles. The first kappa shape index (κ1) is 15.3. The lowest BCUT2D eigenvalue weighted by molar-refractivity contribution is -0.117. The van der Waals surface area contributed by atoms with Crippen LogP contribution in [0.5, 0.6) is 0 Å². The van der Waals surface area contributed by atoms with E-state index in [2.05, 4.69) is 0 Å². The molecule has 23 heavy (non-hydrogen) atoms. The fourth-order valence-corrected chi connectivity index (χ4v) is 3.25. The molecule has 0 saturated heterocycles. The van der Waals surface area contributed by atoms with Crippen molar-refractivity contribution in [2.75, 3.05) is 0 Å². The summed E-state index contributed by atoms with van der Waals surface area (Å²) in [7, 11) is 0. The minimum absolute atomic E-state index is 0.0297. The molecule has 1 atom stereocenters. The first-order valence-electron chi connectivity index (χ1n) is 7.49. The third kappa shape index (κ3) is 2.50. The van der Waals surface area contributed by atoms with E-state index in [1.807, 2.05) is 13.0 Å². The molecule has 0 saturated carbocycles. The van der Waals surface area contributed by atoms with Crippen molar-refractivity contribution in [3.63, 3.8) is 0 Å². The SMILES string of the molecule is Cc1c(F)ccc(C2CC(=O)C3=C(C2)OC(N)=C(C#N)C3)c1C. The molecule has 0 amide bonds. The molecule has 0 fully saturated rings. The molecule has 2 aliphatic rings. The molecule has 1 aromatic rings. The Labute approximate surface area is 134 Å². The van der Waals surface area contributed by atoms with Crippen LogP contribution < -0.4 is 5.73 Å². The van der Waals surface area contributed by atoms with E-state index in [0.717, 1.165) is 11.1 Å². The van der Waals surface area contributed by atoms with Crippen LogP contribution in [0.3, 0.4) is 0 Å². The van der Waals surface area contributed by atoms with Gasteiger partial charge in [-0.05, 0) is 42.5 Å². The van der Waals surface area contributed by atoms with Crippen molar-refractivity contribution in [1.82, 2.24) is 0 Å². The fourth-order valence-electron chi connectivity index (χ4n) is 3.25. The van der Waals surface area contributed by atoms with Gasteiger partial charge in [-0.2, -0.15) is 5.26 Å². The van der Waals surface area contributed by atoms with Gasteiger partial charge in [0, 0.05) is 24.8 Å². The Hall–Kier alpha value is -2.61. The molecule has 2 N–H and O–H groups in total. The van der Waals surface area contributed by atoms with Crippen molar-refractivity contribution in [3.05, 3.63) is 57.4 Å². The number of ether oxygens (including phenoxy) is 1. The predicted octanol–water partition coefficient (Wildman–Crippen LogP) is 3.26. The second-order valence-electron chi connectivity index (χ2n) is 6.05. The molecular formula is C18H17FN2O2. The van der Waals surface area contributed by atoms with Crippen molar-refractivity contribution >= 4 is 5.78 Å². The van der Waals surface area contributed by atoms with Crippen LogP contribution in [0.2, 0.25) is 0 Å². The molecule has 0 bridgehead atoms. The lowest BCUT2D eigenvalue weighted by atomic mass is 9.78. The highest BCUT2D eigenvalue weighted by atomic mass is 19.1. The lowest BCUT2D eigenvalue weighted by Gasteiger charge is -2.30. The van der Waals surface area contributed by atoms with E-state index in [9.17, 15) is 9.18 Å². The molecule has 0 aromatic heterocycles. The Balaban J connectivity index is 1.94. The Kier molecular flexibility index (Phi) is 3.69. The number of Topliss-reactive ketones (excluding diaryl/α,β-unsaturated/α-hetero) is 1. The third-order valence-corrected chi connectivity index (χ3v) is 4.76. The molecule has 1 unspecified atom stereocenters. The zero-order chi connectivity index (χ0) is 16.7. The van der Waals surface area contributed by atoms with Crippen molar-refractivity contribution in [1.29, 1.82) is 5.26 Å². The molecule has 0 spiro atoms. The highest BCUT2D eigenvalue weighted by Gasteiger charge is 2.34. The summed E-state index contributed by atoms with van der Waals surface area (Å²) in [5.41, 5.74) is 9.01. The van der Waals surface area contributed by atoms with Crippen molar-refractivity contribution < 1.29 is 13.9 Å². The average Bonchev–Trinajstić information content (AvgIpc) is 2.52. The average molecular weight is 312 g/mol. The van der Waals surface area contributed by atoms with Gasteiger partial charge in [0.1, 0.15) is 17.6 Å². The first-order valence-corrected chi connectivity index (χ1v) is 7.49. The largest absolute Gasteiger partial charge is 0.444 e. The van der Waals surface area contributed by atoms with E-state index in [1.165, 1.54) is 6.07 Å². The van der Waals surface area contributed by atoms with Gasteiger partial charge in [0.2, 0.25) is 5.88 Å². The van der Waals surface area contributed by atoms with Gasteiger partial charge in [0.15, 0.2) is 5.78 Å². The number of carbonyl (C=O) groups excluding carboxylic acids is 1. The summed E-state index contributed by atoms with van der Waals surface area (Å²) in [6.07, 6.45) is 1.11. The van der Waals surface area contributed by atoms with Gasteiger partial charge in [0.25, 0.3) is 0 Å². The van der Waals surface area contributed by atoms with Gasteiger partial charge in [-0.3, -0.25) is 4.79 Å². The van der Waals surface area contributed by atoms with Crippen LogP contribution in [0.4, 0.5) is 4.39 Å². The van der Waals surface area contributed by atoms with Crippen LogP contribution in [-0.2, 0) is 9.53 Å². The standard InChI is InChI=1S/C18H17FN2O2/c1-9-10(2)15(19)4-3-13(9)11-6-16(22)14-5-12(8-20)18(21)23-17(14)7-11/h3-4,11H,5-7,21H2,1-2H3. The molecule has 118 valence electrons.